The summed E-state index contributed by atoms with van der Waals surface area (Å²) in [6, 6.07) is -1.35. The summed E-state index contributed by atoms with van der Waals surface area (Å²) >= 11 is 0. The molecule has 0 aromatic rings. The molecule has 30 heavy (non-hydrogen) atoms. The third-order valence-corrected chi connectivity index (χ3v) is 3.53. The van der Waals surface area contributed by atoms with Gasteiger partial charge in [0.15, 0.2) is 0 Å². The fourth-order valence-electron chi connectivity index (χ4n) is 2.22. The lowest BCUT2D eigenvalue weighted by Gasteiger charge is -2.34. The van der Waals surface area contributed by atoms with E-state index in [1.807, 2.05) is 0 Å². The molecule has 0 heterocycles. The maximum absolute atomic E-state index is 12.9. The summed E-state index contributed by atoms with van der Waals surface area (Å²) in [5, 5.41) is 0. The number of amides is 3. The summed E-state index contributed by atoms with van der Waals surface area (Å²) in [7, 11) is 0. The van der Waals surface area contributed by atoms with Crippen LogP contribution >= 0.6 is 0 Å². The van der Waals surface area contributed by atoms with Crippen molar-refractivity contribution in [2.75, 3.05) is 0 Å². The molecule has 0 aromatic carbocycles. The second-order valence-corrected chi connectivity index (χ2v) is 10.3. The number of hydrogen-bond acceptors (Lipinski definition) is 7. The Morgan fingerprint density at radius 3 is 1.40 bits per heavy atom. The minimum Gasteiger partial charge on any atom is -0.458 e. The van der Waals surface area contributed by atoms with Crippen molar-refractivity contribution in [3.63, 3.8) is 0 Å². The highest BCUT2D eigenvalue weighted by atomic mass is 16.6. The van der Waals surface area contributed by atoms with Crippen LogP contribution in [0, 0.1) is 5.92 Å². The minimum absolute atomic E-state index is 0.0441. The van der Waals surface area contributed by atoms with Gasteiger partial charge < -0.3 is 19.9 Å². The summed E-state index contributed by atoms with van der Waals surface area (Å²) in [5.41, 5.74) is 2.61. The molecule has 0 saturated carbocycles. The molecule has 2 atom stereocenters. The third kappa shape index (κ3) is 11.0. The Morgan fingerprint density at radius 1 is 0.733 bits per heavy atom. The number of esters is 1. The average Bonchev–Trinajstić information content (AvgIpc) is 2.44. The van der Waals surface area contributed by atoms with E-state index in [1.165, 1.54) is 0 Å². The molecule has 9 heteroatoms. The Hall–Kier alpha value is -2.32. The fraction of sp³-hybridized carbons (Fsp3) is 0.810. The zero-order chi connectivity index (χ0) is 24.1. The summed E-state index contributed by atoms with van der Waals surface area (Å²) in [5.74, 6) is -1.94. The molecule has 0 rings (SSSR count). The summed E-state index contributed by atoms with van der Waals surface area (Å²) in [4.78, 5) is 50.7. The average molecular weight is 431 g/mol. The first-order valence-corrected chi connectivity index (χ1v) is 10.0. The van der Waals surface area contributed by atoms with E-state index in [4.69, 9.17) is 19.9 Å². The second-order valence-electron chi connectivity index (χ2n) is 10.3. The first kappa shape index (κ1) is 27.7. The van der Waals surface area contributed by atoms with Gasteiger partial charge in [0.25, 0.3) is 0 Å². The van der Waals surface area contributed by atoms with Gasteiger partial charge in [-0.15, -0.1) is 0 Å². The highest BCUT2D eigenvalue weighted by molar-refractivity contribution is 5.94. The van der Waals surface area contributed by atoms with Crippen LogP contribution in [-0.2, 0) is 23.8 Å². The summed E-state index contributed by atoms with van der Waals surface area (Å²) in [6.45, 7) is 16.4. The molecular formula is C21H38N2O7. The number of rotatable bonds is 6. The zero-order valence-corrected chi connectivity index (χ0v) is 20.0. The van der Waals surface area contributed by atoms with Crippen molar-refractivity contribution in [3.05, 3.63) is 0 Å². The predicted octanol–water partition coefficient (Wildman–Crippen LogP) is 3.77. The van der Waals surface area contributed by atoms with E-state index in [9.17, 15) is 19.2 Å². The molecule has 1 unspecified atom stereocenters. The molecule has 0 saturated heterocycles. The monoisotopic (exact) mass is 430 g/mol. The van der Waals surface area contributed by atoms with Crippen LogP contribution in [-0.4, -0.2) is 51.8 Å². The fourth-order valence-corrected chi connectivity index (χ4v) is 2.22. The van der Waals surface area contributed by atoms with E-state index < -0.39 is 52.8 Å². The molecule has 0 aliphatic rings. The van der Waals surface area contributed by atoms with Crippen molar-refractivity contribution in [1.29, 1.82) is 0 Å². The van der Waals surface area contributed by atoms with Gasteiger partial charge in [0.1, 0.15) is 22.8 Å². The van der Waals surface area contributed by atoms with Crippen molar-refractivity contribution in [2.45, 2.75) is 105 Å². The maximum atomic E-state index is 12.9. The largest absolute Gasteiger partial charge is 0.458 e. The van der Waals surface area contributed by atoms with Crippen LogP contribution in [0.15, 0.2) is 0 Å². The first-order chi connectivity index (χ1) is 13.2. The van der Waals surface area contributed by atoms with Crippen molar-refractivity contribution >= 4 is 24.1 Å². The van der Waals surface area contributed by atoms with E-state index in [-0.39, 0.29) is 12.8 Å². The number of primary amides is 1. The van der Waals surface area contributed by atoms with E-state index in [0.717, 1.165) is 0 Å². The number of ether oxygens (including phenoxy) is 3. The number of carbonyl (C=O) groups excluding carboxylic acids is 4. The Labute approximate surface area is 179 Å². The van der Waals surface area contributed by atoms with Gasteiger partial charge in [-0.2, -0.15) is 4.90 Å². The molecule has 0 aliphatic heterocycles. The normalized spacial score (nSPS) is 14.3. The lowest BCUT2D eigenvalue weighted by molar-refractivity contribution is -0.161. The van der Waals surface area contributed by atoms with Gasteiger partial charge in [0.05, 0.1) is 0 Å². The Morgan fingerprint density at radius 2 is 1.10 bits per heavy atom. The molecule has 0 aromatic heterocycles. The molecule has 3 amide bonds. The lowest BCUT2D eigenvalue weighted by Crippen LogP contribution is -2.53. The van der Waals surface area contributed by atoms with Gasteiger partial charge >= 0.3 is 18.2 Å². The van der Waals surface area contributed by atoms with Gasteiger partial charge in [0, 0.05) is 5.92 Å². The lowest BCUT2D eigenvalue weighted by atomic mass is 10.00. The zero-order valence-electron chi connectivity index (χ0n) is 20.0. The van der Waals surface area contributed by atoms with Crippen LogP contribution in [0.25, 0.3) is 0 Å². The van der Waals surface area contributed by atoms with Gasteiger partial charge in [-0.3, -0.25) is 4.79 Å². The number of carbonyl (C=O) groups is 4. The van der Waals surface area contributed by atoms with Crippen molar-refractivity contribution < 1.29 is 33.4 Å². The molecule has 9 nitrogen and oxygen atoms in total. The highest BCUT2D eigenvalue weighted by Crippen LogP contribution is 2.23. The van der Waals surface area contributed by atoms with Crippen LogP contribution in [0.5, 0.6) is 0 Å². The van der Waals surface area contributed by atoms with E-state index in [1.54, 1.807) is 69.2 Å². The van der Waals surface area contributed by atoms with E-state index >= 15 is 0 Å². The summed E-state index contributed by atoms with van der Waals surface area (Å²) < 4.78 is 16.1. The topological polar surface area (TPSA) is 125 Å². The summed E-state index contributed by atoms with van der Waals surface area (Å²) in [6.07, 6.45) is -1.97. The molecule has 0 bridgehead atoms. The second kappa shape index (κ2) is 10.1. The maximum Gasteiger partial charge on any atom is 0.420 e. The van der Waals surface area contributed by atoms with Crippen molar-refractivity contribution in [1.82, 2.24) is 4.90 Å². The van der Waals surface area contributed by atoms with Crippen LogP contribution in [0.2, 0.25) is 0 Å². The smallest absolute Gasteiger partial charge is 0.420 e. The molecule has 0 fully saturated rings. The van der Waals surface area contributed by atoms with Gasteiger partial charge in [-0.1, -0.05) is 6.92 Å². The van der Waals surface area contributed by atoms with Crippen LogP contribution in [0.4, 0.5) is 9.59 Å². The first-order valence-electron chi connectivity index (χ1n) is 10.0. The minimum atomic E-state index is -1.35. The number of imide groups is 1. The van der Waals surface area contributed by atoms with E-state index in [2.05, 4.69) is 0 Å². The number of nitrogens with zero attached hydrogens (tertiary/aromatic N) is 1. The predicted molar refractivity (Wildman–Crippen MR) is 112 cm³/mol. The number of nitrogens with two attached hydrogens (primary N) is 1. The SMILES string of the molecule is CC(CC[C@@H](C(=O)OC(C)(C)C)N(C(=O)OC(C)(C)C)C(=O)OC(C)(C)C)C(N)=O. The van der Waals surface area contributed by atoms with Crippen LogP contribution in [0.1, 0.15) is 82.1 Å². The molecule has 0 aliphatic carbocycles. The van der Waals surface area contributed by atoms with Crippen molar-refractivity contribution in [2.24, 2.45) is 11.7 Å². The quantitative estimate of drug-likeness (QED) is 0.502. The van der Waals surface area contributed by atoms with Gasteiger partial charge in [-0.05, 0) is 75.2 Å². The molecule has 0 spiro atoms. The van der Waals surface area contributed by atoms with Crippen LogP contribution in [0.3, 0.4) is 0 Å². The standard InChI is InChI=1S/C21H38N2O7/c1-13(15(22)24)11-12-14(16(25)28-19(2,3)4)23(17(26)29-20(5,6)7)18(27)30-21(8,9)10/h13-14H,11-12H2,1-10H3,(H2,22,24)/t13?,14-/m0/s1. The number of hydrogen-bond donors (Lipinski definition) is 1. The van der Waals surface area contributed by atoms with Gasteiger partial charge in [0.2, 0.25) is 5.91 Å². The molecular weight excluding hydrogens is 392 g/mol. The van der Waals surface area contributed by atoms with Crippen molar-refractivity contribution in [3.8, 4) is 0 Å². The van der Waals surface area contributed by atoms with Crippen LogP contribution < -0.4 is 5.73 Å². The van der Waals surface area contributed by atoms with E-state index in [0.29, 0.717) is 4.90 Å². The Kier molecular flexibility index (Phi) is 9.34. The Balaban J connectivity index is 6.11. The Bertz CT molecular complexity index is 611. The molecule has 2 N–H and O–H groups in total. The molecule has 0 radical (unpaired) electrons. The van der Waals surface area contributed by atoms with Gasteiger partial charge in [-0.25, -0.2) is 14.4 Å². The molecule has 174 valence electrons. The highest BCUT2D eigenvalue weighted by Gasteiger charge is 2.42. The third-order valence-electron chi connectivity index (χ3n) is 3.53.